The molecule has 2 fully saturated rings. The van der Waals surface area contributed by atoms with Crippen LogP contribution in [0.15, 0.2) is 6.07 Å². The average molecular weight is 334 g/mol. The maximum Gasteiger partial charge on any atom is 0.274 e. The van der Waals surface area contributed by atoms with E-state index in [0.717, 1.165) is 18.5 Å². The Hall–Kier alpha value is -1.89. The Bertz CT molecular complexity index is 614. The first-order valence-electron chi connectivity index (χ1n) is 8.65. The van der Waals surface area contributed by atoms with E-state index in [2.05, 4.69) is 5.10 Å². The van der Waals surface area contributed by atoms with E-state index < -0.39 is 0 Å². The van der Waals surface area contributed by atoms with E-state index in [0.29, 0.717) is 45.0 Å². The van der Waals surface area contributed by atoms with Crippen LogP contribution in [0.25, 0.3) is 0 Å². The van der Waals surface area contributed by atoms with E-state index >= 15 is 0 Å². The van der Waals surface area contributed by atoms with Gasteiger partial charge in [-0.25, -0.2) is 0 Å². The molecule has 0 bridgehead atoms. The van der Waals surface area contributed by atoms with Crippen LogP contribution in [0.1, 0.15) is 42.4 Å². The molecule has 0 aliphatic carbocycles. The highest BCUT2D eigenvalue weighted by atomic mass is 16.5. The summed E-state index contributed by atoms with van der Waals surface area (Å²) in [4.78, 5) is 29.3. The van der Waals surface area contributed by atoms with E-state index in [1.54, 1.807) is 9.58 Å². The fourth-order valence-corrected chi connectivity index (χ4v) is 3.84. The van der Waals surface area contributed by atoms with Crippen molar-refractivity contribution in [2.75, 3.05) is 32.8 Å². The Kier molecular flexibility index (Phi) is 4.62. The Morgan fingerprint density at radius 3 is 2.67 bits per heavy atom. The van der Waals surface area contributed by atoms with Crippen LogP contribution in [-0.4, -0.2) is 69.8 Å². The molecule has 24 heavy (non-hydrogen) atoms. The van der Waals surface area contributed by atoms with Gasteiger partial charge in [0, 0.05) is 52.0 Å². The fraction of sp³-hybridized carbons (Fsp3) is 0.706. The number of aryl methyl sites for hydroxylation is 2. The summed E-state index contributed by atoms with van der Waals surface area (Å²) < 4.78 is 7.22. The summed E-state index contributed by atoms with van der Waals surface area (Å²) in [6.45, 7) is 6.88. The van der Waals surface area contributed by atoms with Gasteiger partial charge in [-0.2, -0.15) is 5.10 Å². The van der Waals surface area contributed by atoms with Crippen molar-refractivity contribution in [1.29, 1.82) is 0 Å². The van der Waals surface area contributed by atoms with Crippen LogP contribution in [0.4, 0.5) is 0 Å². The number of carbonyl (C=O) groups is 2. The van der Waals surface area contributed by atoms with E-state index in [1.165, 1.54) is 0 Å². The second-order valence-electron chi connectivity index (χ2n) is 6.75. The van der Waals surface area contributed by atoms with Gasteiger partial charge in [0.1, 0.15) is 0 Å². The van der Waals surface area contributed by atoms with Crippen molar-refractivity contribution in [2.45, 2.75) is 38.6 Å². The molecule has 1 spiro atoms. The number of nitrogens with zero attached hydrogens (tertiary/aromatic N) is 4. The topological polar surface area (TPSA) is 67.7 Å². The van der Waals surface area contributed by atoms with Gasteiger partial charge in [0.25, 0.3) is 5.91 Å². The van der Waals surface area contributed by atoms with Gasteiger partial charge >= 0.3 is 0 Å². The largest absolute Gasteiger partial charge is 0.381 e. The maximum absolute atomic E-state index is 12.9. The molecule has 0 unspecified atom stereocenters. The molecular weight excluding hydrogens is 308 g/mol. The minimum atomic E-state index is -0.305. The summed E-state index contributed by atoms with van der Waals surface area (Å²) in [7, 11) is 1.83. The zero-order valence-electron chi connectivity index (χ0n) is 14.7. The number of aromatic nitrogens is 2. The van der Waals surface area contributed by atoms with Gasteiger partial charge in [-0.3, -0.25) is 14.3 Å². The summed E-state index contributed by atoms with van der Waals surface area (Å²) in [6, 6.07) is 1.81. The fourth-order valence-electron chi connectivity index (χ4n) is 3.84. The van der Waals surface area contributed by atoms with Crippen LogP contribution in [0, 0.1) is 6.92 Å². The van der Waals surface area contributed by atoms with Crippen LogP contribution in [-0.2, 0) is 16.6 Å². The van der Waals surface area contributed by atoms with Gasteiger partial charge in [0.2, 0.25) is 5.91 Å². The molecule has 0 saturated carbocycles. The smallest absolute Gasteiger partial charge is 0.274 e. The second-order valence-corrected chi connectivity index (χ2v) is 6.75. The highest BCUT2D eigenvalue weighted by Gasteiger charge is 2.44. The van der Waals surface area contributed by atoms with Crippen molar-refractivity contribution in [3.8, 4) is 0 Å². The molecule has 0 N–H and O–H groups in total. The number of ether oxygens (including phenoxy) is 1. The maximum atomic E-state index is 12.9. The lowest BCUT2D eigenvalue weighted by Crippen LogP contribution is -2.58. The third-order valence-corrected chi connectivity index (χ3v) is 5.31. The third kappa shape index (κ3) is 2.92. The standard InChI is InChI=1S/C17H26N4O3/c1-4-21-15(22)5-8-20(12-17(21)6-9-24-10-7-17)16(23)14-11-13(2)19(3)18-14/h11H,4-10,12H2,1-3H3. The minimum Gasteiger partial charge on any atom is -0.381 e. The highest BCUT2D eigenvalue weighted by molar-refractivity contribution is 5.93. The molecule has 2 amide bonds. The molecule has 7 nitrogen and oxygen atoms in total. The molecule has 3 heterocycles. The SMILES string of the molecule is CCN1C(=O)CCN(C(=O)c2cc(C)n(C)n2)CC12CCOCC2. The van der Waals surface area contributed by atoms with Gasteiger partial charge < -0.3 is 14.5 Å². The Balaban J connectivity index is 1.89. The molecular formula is C17H26N4O3. The highest BCUT2D eigenvalue weighted by Crippen LogP contribution is 2.32. The summed E-state index contributed by atoms with van der Waals surface area (Å²) in [6.07, 6.45) is 1.92. The number of hydrogen-bond donors (Lipinski definition) is 0. The molecule has 3 rings (SSSR count). The number of hydrogen-bond acceptors (Lipinski definition) is 4. The normalized spacial score (nSPS) is 21.2. The summed E-state index contributed by atoms with van der Waals surface area (Å²) >= 11 is 0. The summed E-state index contributed by atoms with van der Waals surface area (Å²) in [5, 5.41) is 4.31. The predicted molar refractivity (Wildman–Crippen MR) is 88.6 cm³/mol. The Labute approximate surface area is 142 Å². The number of carbonyl (C=O) groups excluding carboxylic acids is 2. The molecule has 1 aromatic heterocycles. The van der Waals surface area contributed by atoms with Crippen molar-refractivity contribution < 1.29 is 14.3 Å². The molecule has 132 valence electrons. The lowest BCUT2D eigenvalue weighted by Gasteiger charge is -2.46. The molecule has 2 saturated heterocycles. The van der Waals surface area contributed by atoms with Crippen molar-refractivity contribution in [3.05, 3.63) is 17.5 Å². The van der Waals surface area contributed by atoms with E-state index in [9.17, 15) is 9.59 Å². The lowest BCUT2D eigenvalue weighted by atomic mass is 9.87. The van der Waals surface area contributed by atoms with Crippen LogP contribution in [0.2, 0.25) is 0 Å². The predicted octanol–water partition coefficient (Wildman–Crippen LogP) is 0.972. The zero-order valence-corrected chi connectivity index (χ0v) is 14.7. The summed E-state index contributed by atoms with van der Waals surface area (Å²) in [5.41, 5.74) is 1.09. The first kappa shape index (κ1) is 17.0. The van der Waals surface area contributed by atoms with Crippen LogP contribution >= 0.6 is 0 Å². The van der Waals surface area contributed by atoms with Gasteiger partial charge in [0.15, 0.2) is 5.69 Å². The minimum absolute atomic E-state index is 0.0877. The average Bonchev–Trinajstić information content (AvgIpc) is 2.84. The number of amides is 2. The Morgan fingerprint density at radius 2 is 2.08 bits per heavy atom. The molecule has 1 aromatic rings. The third-order valence-electron chi connectivity index (χ3n) is 5.31. The second kappa shape index (κ2) is 6.55. The lowest BCUT2D eigenvalue weighted by molar-refractivity contribution is -0.139. The monoisotopic (exact) mass is 334 g/mol. The van der Waals surface area contributed by atoms with Crippen LogP contribution < -0.4 is 0 Å². The van der Waals surface area contributed by atoms with Crippen LogP contribution in [0.5, 0.6) is 0 Å². The van der Waals surface area contributed by atoms with Crippen molar-refractivity contribution in [2.24, 2.45) is 7.05 Å². The van der Waals surface area contributed by atoms with E-state index in [1.807, 2.05) is 31.9 Å². The van der Waals surface area contributed by atoms with Crippen molar-refractivity contribution >= 4 is 11.8 Å². The molecule has 7 heteroatoms. The first-order valence-corrected chi connectivity index (χ1v) is 8.65. The van der Waals surface area contributed by atoms with Gasteiger partial charge in [0.05, 0.1) is 5.54 Å². The van der Waals surface area contributed by atoms with Gasteiger partial charge in [-0.15, -0.1) is 0 Å². The van der Waals surface area contributed by atoms with Crippen molar-refractivity contribution in [3.63, 3.8) is 0 Å². The van der Waals surface area contributed by atoms with E-state index in [4.69, 9.17) is 4.74 Å². The molecule has 2 aliphatic heterocycles. The molecule has 0 radical (unpaired) electrons. The zero-order chi connectivity index (χ0) is 17.3. The van der Waals surface area contributed by atoms with Gasteiger partial charge in [-0.05, 0) is 32.8 Å². The van der Waals surface area contributed by atoms with Crippen molar-refractivity contribution in [1.82, 2.24) is 19.6 Å². The van der Waals surface area contributed by atoms with Gasteiger partial charge in [-0.1, -0.05) is 0 Å². The quantitative estimate of drug-likeness (QED) is 0.808. The van der Waals surface area contributed by atoms with Crippen LogP contribution in [0.3, 0.4) is 0 Å². The number of likely N-dealkylation sites (N-methyl/N-ethyl adjacent to an activating group) is 1. The summed E-state index contributed by atoms with van der Waals surface area (Å²) in [5.74, 6) is 0.0437. The number of rotatable bonds is 2. The molecule has 0 aromatic carbocycles. The molecule has 0 atom stereocenters. The molecule has 2 aliphatic rings. The first-order chi connectivity index (χ1) is 11.5. The Morgan fingerprint density at radius 1 is 1.38 bits per heavy atom. The van der Waals surface area contributed by atoms with E-state index in [-0.39, 0.29) is 17.4 Å².